The number of Topliss-reactive ketones (excluding diaryl/α,β-unsaturated/α-hetero) is 1. The zero-order valence-electron chi connectivity index (χ0n) is 23.8. The number of pyridine rings is 1. The number of carbonyl (C=O) groups excluding carboxylic acids is 1. The lowest BCUT2D eigenvalue weighted by Crippen LogP contribution is -2.46. The molecular formula is C34H35N3O4. The smallest absolute Gasteiger partial charge is 0.163 e. The molecule has 3 heterocycles. The molecular weight excluding hydrogens is 514 g/mol. The van der Waals surface area contributed by atoms with E-state index in [1.54, 1.807) is 19.3 Å². The molecule has 5 aromatic rings. The Morgan fingerprint density at radius 1 is 1.02 bits per heavy atom. The minimum Gasteiger partial charge on any atom is -0.507 e. The Bertz CT molecular complexity index is 1690. The number of phenolic OH excluding ortho intramolecular Hbond substituents is 1. The molecule has 1 aliphatic rings. The number of phenols is 1. The number of hydrogen-bond acceptors (Lipinski definition) is 7. The maximum atomic E-state index is 13.1. The molecule has 41 heavy (non-hydrogen) atoms. The average Bonchev–Trinajstić information content (AvgIpc) is 3.34. The van der Waals surface area contributed by atoms with Crippen LogP contribution in [0.5, 0.6) is 11.5 Å². The Kier molecular flexibility index (Phi) is 7.47. The van der Waals surface area contributed by atoms with Crippen molar-refractivity contribution in [3.05, 3.63) is 101 Å². The summed E-state index contributed by atoms with van der Waals surface area (Å²) >= 11 is 0. The molecule has 7 nitrogen and oxygen atoms in total. The minimum absolute atomic E-state index is 0.0941. The summed E-state index contributed by atoms with van der Waals surface area (Å²) in [6.07, 6.45) is 4.34. The van der Waals surface area contributed by atoms with E-state index in [4.69, 9.17) is 9.15 Å². The molecule has 7 heteroatoms. The normalized spacial score (nSPS) is 15.4. The first-order valence-electron chi connectivity index (χ1n) is 14.1. The molecule has 1 aliphatic heterocycles. The summed E-state index contributed by atoms with van der Waals surface area (Å²) in [6.45, 7) is 7.36. The molecule has 0 saturated carbocycles. The van der Waals surface area contributed by atoms with Crippen molar-refractivity contribution >= 4 is 27.5 Å². The molecule has 0 amide bonds. The average molecular weight is 550 g/mol. The Morgan fingerprint density at radius 3 is 2.46 bits per heavy atom. The summed E-state index contributed by atoms with van der Waals surface area (Å²) in [4.78, 5) is 22.0. The fourth-order valence-corrected chi connectivity index (χ4v) is 6.07. The highest BCUT2D eigenvalue weighted by Gasteiger charge is 2.33. The van der Waals surface area contributed by atoms with Crippen molar-refractivity contribution in [2.75, 3.05) is 39.8 Å². The van der Waals surface area contributed by atoms with E-state index in [0.29, 0.717) is 45.6 Å². The first-order chi connectivity index (χ1) is 19.9. The number of rotatable bonds is 8. The van der Waals surface area contributed by atoms with E-state index in [-0.39, 0.29) is 17.6 Å². The van der Waals surface area contributed by atoms with Gasteiger partial charge >= 0.3 is 0 Å². The molecule has 1 fully saturated rings. The summed E-state index contributed by atoms with van der Waals surface area (Å²) in [5.74, 6) is 1.30. The van der Waals surface area contributed by atoms with E-state index in [0.717, 1.165) is 43.5 Å². The van der Waals surface area contributed by atoms with Crippen LogP contribution in [-0.4, -0.2) is 65.5 Å². The largest absolute Gasteiger partial charge is 0.507 e. The molecule has 1 atom stereocenters. The highest BCUT2D eigenvalue weighted by atomic mass is 16.5. The molecule has 0 spiro atoms. The van der Waals surface area contributed by atoms with Gasteiger partial charge in [-0.15, -0.1) is 0 Å². The molecule has 1 unspecified atom stereocenters. The van der Waals surface area contributed by atoms with Gasteiger partial charge in [0.05, 0.1) is 18.2 Å². The van der Waals surface area contributed by atoms with E-state index >= 15 is 0 Å². The zero-order valence-corrected chi connectivity index (χ0v) is 23.8. The number of aromatic nitrogens is 1. The molecule has 6 rings (SSSR count). The lowest BCUT2D eigenvalue weighted by molar-refractivity contribution is 0.101. The number of likely N-dealkylation sites (N-methyl/N-ethyl adjacent to an activating group) is 1. The number of benzene rings is 3. The molecule has 210 valence electrons. The molecule has 3 aromatic carbocycles. The van der Waals surface area contributed by atoms with Crippen LogP contribution in [0.25, 0.3) is 21.7 Å². The minimum atomic E-state index is -0.282. The zero-order chi connectivity index (χ0) is 28.5. The first-order valence-corrected chi connectivity index (χ1v) is 14.1. The van der Waals surface area contributed by atoms with Crippen molar-refractivity contribution in [3.63, 3.8) is 0 Å². The third kappa shape index (κ3) is 5.19. The number of fused-ring (bicyclic) bond motifs is 3. The Balaban J connectivity index is 1.52. The van der Waals surface area contributed by atoms with Crippen LogP contribution in [0.2, 0.25) is 0 Å². The Labute approximate surface area is 240 Å². The predicted octanol–water partition coefficient (Wildman–Crippen LogP) is 6.16. The summed E-state index contributed by atoms with van der Waals surface area (Å²) in [5.41, 5.74) is 4.02. The van der Waals surface area contributed by atoms with E-state index in [1.807, 2.05) is 55.5 Å². The predicted molar refractivity (Wildman–Crippen MR) is 161 cm³/mol. The highest BCUT2D eigenvalue weighted by Crippen LogP contribution is 2.48. The van der Waals surface area contributed by atoms with Gasteiger partial charge in [-0.1, -0.05) is 30.3 Å². The van der Waals surface area contributed by atoms with E-state index in [9.17, 15) is 9.90 Å². The second-order valence-corrected chi connectivity index (χ2v) is 10.9. The lowest BCUT2D eigenvalue weighted by Gasteiger charge is -2.39. The van der Waals surface area contributed by atoms with Gasteiger partial charge in [0.2, 0.25) is 0 Å². The number of ketones is 1. The number of carbonyl (C=O) groups is 1. The van der Waals surface area contributed by atoms with Crippen molar-refractivity contribution in [1.29, 1.82) is 0 Å². The molecule has 1 N–H and O–H groups in total. The standard InChI is InChI=1S/C34H35N3O4/c1-22(38)29-23(2)41-34-28-21-26(40-20-13-24-7-5-4-6-8-24)9-10-27(28)33(39)31(30(29)34)32(25-11-14-35-15-12-25)37-18-16-36(3)17-19-37/h4-12,14-15,21,32,39H,13,16-20H2,1-3H3. The van der Waals surface area contributed by atoms with Gasteiger partial charge in [-0.05, 0) is 62.4 Å². The van der Waals surface area contributed by atoms with Crippen LogP contribution in [0.1, 0.15) is 45.8 Å². The van der Waals surface area contributed by atoms with Gasteiger partial charge in [0, 0.05) is 66.7 Å². The maximum Gasteiger partial charge on any atom is 0.163 e. The summed E-state index contributed by atoms with van der Waals surface area (Å²) in [6, 6.07) is 19.6. The van der Waals surface area contributed by atoms with Crippen molar-refractivity contribution in [2.24, 2.45) is 0 Å². The lowest BCUT2D eigenvalue weighted by atomic mass is 9.88. The molecule has 0 aliphatic carbocycles. The van der Waals surface area contributed by atoms with Gasteiger partial charge in [-0.3, -0.25) is 14.7 Å². The topological polar surface area (TPSA) is 79.0 Å². The molecule has 0 bridgehead atoms. The maximum absolute atomic E-state index is 13.1. The van der Waals surface area contributed by atoms with E-state index < -0.39 is 0 Å². The van der Waals surface area contributed by atoms with Crippen LogP contribution >= 0.6 is 0 Å². The van der Waals surface area contributed by atoms with Crippen molar-refractivity contribution in [1.82, 2.24) is 14.8 Å². The number of nitrogens with zero attached hydrogens (tertiary/aromatic N) is 3. The highest BCUT2D eigenvalue weighted by molar-refractivity contribution is 6.18. The van der Waals surface area contributed by atoms with Crippen molar-refractivity contribution in [2.45, 2.75) is 26.3 Å². The molecule has 0 radical (unpaired) electrons. The number of furan rings is 1. The fourth-order valence-electron chi connectivity index (χ4n) is 6.07. The quantitative estimate of drug-likeness (QED) is 0.232. The number of ether oxygens (including phenoxy) is 1. The van der Waals surface area contributed by atoms with Crippen molar-refractivity contribution < 1.29 is 19.1 Å². The number of aromatic hydroxyl groups is 1. The van der Waals surface area contributed by atoms with Gasteiger partial charge in [-0.25, -0.2) is 0 Å². The third-order valence-electron chi connectivity index (χ3n) is 8.15. The van der Waals surface area contributed by atoms with Crippen LogP contribution < -0.4 is 4.74 Å². The second-order valence-electron chi connectivity index (χ2n) is 10.9. The fraction of sp³-hybridized carbons (Fsp3) is 0.294. The number of aryl methyl sites for hydroxylation is 1. The summed E-state index contributed by atoms with van der Waals surface area (Å²) in [5, 5.41) is 14.1. The molecule has 2 aromatic heterocycles. The number of piperazine rings is 1. The van der Waals surface area contributed by atoms with Gasteiger partial charge in [0.15, 0.2) is 5.78 Å². The van der Waals surface area contributed by atoms with Crippen LogP contribution in [-0.2, 0) is 6.42 Å². The van der Waals surface area contributed by atoms with Gasteiger partial charge in [0.25, 0.3) is 0 Å². The van der Waals surface area contributed by atoms with Gasteiger partial charge < -0.3 is 19.2 Å². The van der Waals surface area contributed by atoms with Crippen LogP contribution in [0.15, 0.2) is 77.5 Å². The summed E-state index contributed by atoms with van der Waals surface area (Å²) in [7, 11) is 2.12. The molecule has 1 saturated heterocycles. The van der Waals surface area contributed by atoms with Crippen LogP contribution in [0.3, 0.4) is 0 Å². The monoisotopic (exact) mass is 549 g/mol. The Morgan fingerprint density at radius 2 is 1.76 bits per heavy atom. The van der Waals surface area contributed by atoms with Gasteiger partial charge in [0.1, 0.15) is 22.8 Å². The SMILES string of the molecule is CC(=O)c1c(C)oc2c1c(C(c1ccncc1)N1CCN(C)CC1)c(O)c1ccc(OCCc3ccccc3)cc12. The van der Waals surface area contributed by atoms with Crippen molar-refractivity contribution in [3.8, 4) is 11.5 Å². The number of hydrogen-bond donors (Lipinski definition) is 1. The van der Waals surface area contributed by atoms with Gasteiger partial charge in [-0.2, -0.15) is 0 Å². The summed E-state index contributed by atoms with van der Waals surface area (Å²) < 4.78 is 12.5. The Hall–Kier alpha value is -4.20. The second kappa shape index (κ2) is 11.4. The van der Waals surface area contributed by atoms with E-state index in [1.165, 1.54) is 5.56 Å². The first kappa shape index (κ1) is 27.0. The van der Waals surface area contributed by atoms with Crippen LogP contribution in [0, 0.1) is 6.92 Å². The van der Waals surface area contributed by atoms with Crippen LogP contribution in [0.4, 0.5) is 0 Å². The van der Waals surface area contributed by atoms with E-state index in [2.05, 4.69) is 34.0 Å². The third-order valence-corrected chi connectivity index (χ3v) is 8.15.